The molecule has 0 saturated carbocycles. The molecule has 0 radical (unpaired) electrons. The van der Waals surface area contributed by atoms with Crippen molar-refractivity contribution in [3.8, 4) is 0 Å². The smallest absolute Gasteiger partial charge is 0.378 e. The van der Waals surface area contributed by atoms with Crippen LogP contribution in [0.5, 0.6) is 0 Å². The van der Waals surface area contributed by atoms with Gasteiger partial charge in [-0.05, 0) is 41.5 Å². The van der Waals surface area contributed by atoms with E-state index in [1.54, 1.807) is 12.1 Å². The maximum absolute atomic E-state index is 12.8. The fraction of sp³-hybridized carbons (Fsp3) is 0.222. The van der Waals surface area contributed by atoms with Crippen LogP contribution in [0.25, 0.3) is 0 Å². The van der Waals surface area contributed by atoms with Crippen LogP contribution in [0.4, 0.5) is 32.0 Å². The van der Waals surface area contributed by atoms with E-state index in [0.29, 0.717) is 17.7 Å². The summed E-state index contributed by atoms with van der Waals surface area (Å²) in [7, 11) is 3.75. The average Bonchev–Trinajstić information content (AvgIpc) is 2.57. The van der Waals surface area contributed by atoms with Crippen LogP contribution >= 0.6 is 0 Å². The Balaban J connectivity index is 2.22. The van der Waals surface area contributed by atoms with Crippen LogP contribution in [0.3, 0.4) is 0 Å². The van der Waals surface area contributed by atoms with Crippen LogP contribution in [-0.4, -0.2) is 26.5 Å². The lowest BCUT2D eigenvalue weighted by molar-refractivity contribution is -0.143. The molecular weight excluding hydrogens is 372 g/mol. The first kappa shape index (κ1) is 20.5. The van der Waals surface area contributed by atoms with Gasteiger partial charge in [0.15, 0.2) is 0 Å². The van der Waals surface area contributed by atoms with Crippen molar-refractivity contribution in [3.05, 3.63) is 64.7 Å². The molecule has 2 rings (SSSR count). The number of hydrogen-bond donors (Lipinski definition) is 0. The highest BCUT2D eigenvalue weighted by molar-refractivity contribution is 5.83. The molecular formula is C18H15F6N3. The molecule has 0 aliphatic rings. The Morgan fingerprint density at radius 2 is 1.15 bits per heavy atom. The van der Waals surface area contributed by atoms with Gasteiger partial charge < -0.3 is 4.90 Å². The normalized spacial score (nSPS) is 12.9. The van der Waals surface area contributed by atoms with Crippen LogP contribution in [0.2, 0.25) is 0 Å². The van der Waals surface area contributed by atoms with Crippen LogP contribution in [-0.2, 0) is 12.4 Å². The third kappa shape index (κ3) is 5.83. The van der Waals surface area contributed by atoms with E-state index in [2.05, 4.69) is 10.2 Å². The maximum atomic E-state index is 12.8. The minimum Gasteiger partial charge on any atom is -0.378 e. The number of nitrogens with zero attached hydrogens (tertiary/aromatic N) is 3. The van der Waals surface area contributed by atoms with Crippen molar-refractivity contribution in [1.82, 2.24) is 0 Å². The summed E-state index contributed by atoms with van der Waals surface area (Å²) in [4.78, 5) is 1.89. The van der Waals surface area contributed by atoms with Gasteiger partial charge in [0.2, 0.25) is 0 Å². The van der Waals surface area contributed by atoms with Gasteiger partial charge in [-0.15, -0.1) is 0 Å². The van der Waals surface area contributed by atoms with Crippen molar-refractivity contribution in [2.45, 2.75) is 12.4 Å². The third-order valence-corrected chi connectivity index (χ3v) is 3.50. The minimum atomic E-state index is -4.90. The largest absolute Gasteiger partial charge is 0.416 e. The van der Waals surface area contributed by atoms with Gasteiger partial charge in [0.1, 0.15) is 0 Å². The first-order chi connectivity index (χ1) is 12.5. The van der Waals surface area contributed by atoms with E-state index in [1.165, 1.54) is 6.21 Å². The molecule has 0 atom stereocenters. The second-order valence-corrected chi connectivity index (χ2v) is 5.81. The molecule has 9 heteroatoms. The van der Waals surface area contributed by atoms with E-state index >= 15 is 0 Å². The molecule has 2 aromatic rings. The standard InChI is InChI=1S/C18H15F6N3/c1-27(2)16-5-3-12(4-6-16)10-25-26-11-13-7-14(17(19,20)21)9-15(8-13)18(22,23)24/h3-11H,1-2H3/b25-10+,26-11+. The van der Waals surface area contributed by atoms with E-state index in [1.807, 2.05) is 31.1 Å². The minimum absolute atomic E-state index is 0.0624. The van der Waals surface area contributed by atoms with Crippen molar-refractivity contribution in [2.75, 3.05) is 19.0 Å². The second kappa shape index (κ2) is 7.81. The van der Waals surface area contributed by atoms with Crippen LogP contribution in [0, 0.1) is 0 Å². The van der Waals surface area contributed by atoms with E-state index in [0.717, 1.165) is 11.9 Å². The highest BCUT2D eigenvalue weighted by atomic mass is 19.4. The van der Waals surface area contributed by atoms with Crippen molar-refractivity contribution < 1.29 is 26.3 Å². The second-order valence-electron chi connectivity index (χ2n) is 5.81. The van der Waals surface area contributed by atoms with Gasteiger partial charge in [-0.2, -0.15) is 36.5 Å². The van der Waals surface area contributed by atoms with Crippen molar-refractivity contribution in [2.24, 2.45) is 10.2 Å². The van der Waals surface area contributed by atoms with Gasteiger partial charge in [-0.3, -0.25) is 0 Å². The summed E-state index contributed by atoms with van der Waals surface area (Å²) in [6.07, 6.45) is -7.62. The summed E-state index contributed by atoms with van der Waals surface area (Å²) >= 11 is 0. The lowest BCUT2D eigenvalue weighted by Gasteiger charge is -2.12. The topological polar surface area (TPSA) is 28.0 Å². The summed E-state index contributed by atoms with van der Waals surface area (Å²) in [5.74, 6) is 0. The zero-order valence-electron chi connectivity index (χ0n) is 14.3. The molecule has 3 nitrogen and oxygen atoms in total. The number of halogens is 6. The third-order valence-electron chi connectivity index (χ3n) is 3.50. The summed E-state index contributed by atoms with van der Waals surface area (Å²) in [5.41, 5.74) is -1.52. The van der Waals surface area contributed by atoms with Gasteiger partial charge in [-0.25, -0.2) is 0 Å². The van der Waals surface area contributed by atoms with E-state index in [9.17, 15) is 26.3 Å². The number of alkyl halides is 6. The quantitative estimate of drug-likeness (QED) is 0.400. The summed E-state index contributed by atoms with van der Waals surface area (Å²) in [5, 5.41) is 7.20. The highest BCUT2D eigenvalue weighted by Crippen LogP contribution is 2.36. The van der Waals surface area contributed by atoms with Gasteiger partial charge in [0.05, 0.1) is 23.6 Å². The zero-order chi connectivity index (χ0) is 20.2. The summed E-state index contributed by atoms with van der Waals surface area (Å²) in [6.45, 7) is 0. The fourth-order valence-corrected chi connectivity index (χ4v) is 2.11. The molecule has 0 N–H and O–H groups in total. The molecule has 0 amide bonds. The number of rotatable bonds is 4. The number of benzene rings is 2. The summed E-state index contributed by atoms with van der Waals surface area (Å²) < 4.78 is 76.7. The molecule has 2 aromatic carbocycles. The molecule has 0 unspecified atom stereocenters. The number of anilines is 1. The van der Waals surface area contributed by atoms with Gasteiger partial charge in [0, 0.05) is 19.8 Å². The molecule has 0 saturated heterocycles. The van der Waals surface area contributed by atoms with Crippen LogP contribution in [0.1, 0.15) is 22.3 Å². The molecule has 0 aliphatic heterocycles. The molecule has 0 fully saturated rings. The van der Waals surface area contributed by atoms with Crippen molar-refractivity contribution in [3.63, 3.8) is 0 Å². The Labute approximate surface area is 151 Å². The Bertz CT molecular complexity index is 801. The lowest BCUT2D eigenvalue weighted by atomic mass is 10.1. The molecule has 0 bridgehead atoms. The first-order valence-corrected chi connectivity index (χ1v) is 7.60. The van der Waals surface area contributed by atoms with Gasteiger partial charge >= 0.3 is 12.4 Å². The summed E-state index contributed by atoms with van der Waals surface area (Å²) in [6, 6.07) is 8.38. The highest BCUT2D eigenvalue weighted by Gasteiger charge is 2.36. The molecule has 0 heterocycles. The van der Waals surface area contributed by atoms with Gasteiger partial charge in [-0.1, -0.05) is 12.1 Å². The molecule has 144 valence electrons. The first-order valence-electron chi connectivity index (χ1n) is 7.60. The predicted molar refractivity (Wildman–Crippen MR) is 92.4 cm³/mol. The maximum Gasteiger partial charge on any atom is 0.416 e. The van der Waals surface area contributed by atoms with Crippen LogP contribution in [0.15, 0.2) is 52.7 Å². The Hall–Kier alpha value is -2.84. The monoisotopic (exact) mass is 387 g/mol. The van der Waals surface area contributed by atoms with E-state index < -0.39 is 23.5 Å². The van der Waals surface area contributed by atoms with E-state index in [-0.39, 0.29) is 11.6 Å². The van der Waals surface area contributed by atoms with Crippen molar-refractivity contribution in [1.29, 1.82) is 0 Å². The van der Waals surface area contributed by atoms with Crippen LogP contribution < -0.4 is 4.90 Å². The SMILES string of the molecule is CN(C)c1ccc(/C=N/N=C/c2cc(C(F)(F)F)cc(C(F)(F)F)c2)cc1. The average molecular weight is 387 g/mol. The molecule has 27 heavy (non-hydrogen) atoms. The number of hydrogen-bond acceptors (Lipinski definition) is 3. The Morgan fingerprint density at radius 1 is 0.704 bits per heavy atom. The van der Waals surface area contributed by atoms with Crippen molar-refractivity contribution >= 4 is 18.1 Å². The fourth-order valence-electron chi connectivity index (χ4n) is 2.11. The molecule has 0 spiro atoms. The lowest BCUT2D eigenvalue weighted by Crippen LogP contribution is -2.11. The molecule has 0 aromatic heterocycles. The predicted octanol–water partition coefficient (Wildman–Crippen LogP) is 5.24. The zero-order valence-corrected chi connectivity index (χ0v) is 14.3. The molecule has 0 aliphatic carbocycles. The van der Waals surface area contributed by atoms with E-state index in [4.69, 9.17) is 0 Å². The van der Waals surface area contributed by atoms with Gasteiger partial charge in [0.25, 0.3) is 0 Å². The Morgan fingerprint density at radius 3 is 1.56 bits per heavy atom. The Kier molecular flexibility index (Phi) is 5.92.